The molecule has 0 aliphatic rings. The van der Waals surface area contributed by atoms with Crippen molar-refractivity contribution in [2.75, 3.05) is 5.75 Å². The fraction of sp³-hybridized carbons (Fsp3) is 0.304. The standard InChI is InChI=1S/C23H27N3O3S/c1-17-9-10-21(13-18(17)2)19(3)25-23(27)16-30(28,29)15-22-24-11-12-26(22)14-20-7-5-4-6-8-20/h4-13,19H,14-16H2,1-3H3,(H,25,27). The van der Waals surface area contributed by atoms with Gasteiger partial charge in [0.15, 0.2) is 9.84 Å². The van der Waals surface area contributed by atoms with E-state index in [0.717, 1.165) is 16.7 Å². The van der Waals surface area contributed by atoms with Gasteiger partial charge in [-0.25, -0.2) is 13.4 Å². The average molecular weight is 426 g/mol. The first-order chi connectivity index (χ1) is 14.2. The van der Waals surface area contributed by atoms with Crippen LogP contribution in [0.4, 0.5) is 0 Å². The van der Waals surface area contributed by atoms with Crippen LogP contribution in [0.5, 0.6) is 0 Å². The lowest BCUT2D eigenvalue weighted by atomic mass is 10.0. The average Bonchev–Trinajstić information content (AvgIpc) is 3.09. The molecule has 0 aliphatic heterocycles. The van der Waals surface area contributed by atoms with Crippen LogP contribution in [0, 0.1) is 13.8 Å². The fourth-order valence-corrected chi connectivity index (χ4v) is 4.47. The van der Waals surface area contributed by atoms with E-state index in [9.17, 15) is 13.2 Å². The normalized spacial score (nSPS) is 12.5. The number of carbonyl (C=O) groups excluding carboxylic acids is 1. The molecule has 3 rings (SSSR count). The van der Waals surface area contributed by atoms with E-state index in [1.807, 2.05) is 69.3 Å². The number of nitrogens with zero attached hydrogens (tertiary/aromatic N) is 2. The molecule has 6 nitrogen and oxygen atoms in total. The first-order valence-electron chi connectivity index (χ1n) is 9.84. The SMILES string of the molecule is Cc1ccc(C(C)NC(=O)CS(=O)(=O)Cc2nccn2Cc2ccccc2)cc1C. The summed E-state index contributed by atoms with van der Waals surface area (Å²) in [7, 11) is -3.66. The van der Waals surface area contributed by atoms with E-state index in [1.165, 1.54) is 5.56 Å². The molecule has 3 aromatic rings. The third-order valence-corrected chi connectivity index (χ3v) is 6.51. The van der Waals surface area contributed by atoms with Gasteiger partial charge in [0.1, 0.15) is 17.3 Å². The van der Waals surface area contributed by atoms with Gasteiger partial charge in [0.2, 0.25) is 5.91 Å². The van der Waals surface area contributed by atoms with E-state index in [2.05, 4.69) is 10.3 Å². The van der Waals surface area contributed by atoms with E-state index in [4.69, 9.17) is 0 Å². The van der Waals surface area contributed by atoms with E-state index in [0.29, 0.717) is 12.4 Å². The summed E-state index contributed by atoms with van der Waals surface area (Å²) in [5, 5.41) is 2.79. The van der Waals surface area contributed by atoms with Crippen molar-refractivity contribution in [1.82, 2.24) is 14.9 Å². The Bertz CT molecular complexity index is 1120. The number of sulfone groups is 1. The van der Waals surface area contributed by atoms with Gasteiger partial charge >= 0.3 is 0 Å². The van der Waals surface area contributed by atoms with Gasteiger partial charge in [0, 0.05) is 18.9 Å². The molecule has 0 saturated heterocycles. The van der Waals surface area contributed by atoms with E-state index in [-0.39, 0.29) is 11.8 Å². The number of amides is 1. The Labute approximate surface area is 177 Å². The molecule has 1 N–H and O–H groups in total. The Morgan fingerprint density at radius 3 is 2.53 bits per heavy atom. The molecule has 30 heavy (non-hydrogen) atoms. The number of aromatic nitrogens is 2. The van der Waals surface area contributed by atoms with Gasteiger partial charge in [-0.15, -0.1) is 0 Å². The minimum absolute atomic E-state index is 0.271. The van der Waals surface area contributed by atoms with Crippen molar-refractivity contribution in [1.29, 1.82) is 0 Å². The Hall–Kier alpha value is -2.93. The third-order valence-electron chi connectivity index (χ3n) is 5.11. The molecule has 1 heterocycles. The molecule has 1 amide bonds. The predicted molar refractivity (Wildman–Crippen MR) is 118 cm³/mol. The van der Waals surface area contributed by atoms with Crippen molar-refractivity contribution in [3.8, 4) is 0 Å². The van der Waals surface area contributed by atoms with Crippen LogP contribution in [0.3, 0.4) is 0 Å². The maximum absolute atomic E-state index is 12.6. The smallest absolute Gasteiger partial charge is 0.235 e. The molecule has 7 heteroatoms. The highest BCUT2D eigenvalue weighted by Gasteiger charge is 2.21. The van der Waals surface area contributed by atoms with Gasteiger partial charge < -0.3 is 9.88 Å². The van der Waals surface area contributed by atoms with Crippen molar-refractivity contribution in [3.63, 3.8) is 0 Å². The van der Waals surface area contributed by atoms with Gasteiger partial charge in [0.05, 0.1) is 6.04 Å². The van der Waals surface area contributed by atoms with E-state index < -0.39 is 21.5 Å². The number of rotatable bonds is 8. The van der Waals surface area contributed by atoms with Crippen molar-refractivity contribution in [3.05, 3.63) is 89.0 Å². The minimum atomic E-state index is -3.66. The van der Waals surface area contributed by atoms with Crippen molar-refractivity contribution in [2.45, 2.75) is 39.1 Å². The number of carbonyl (C=O) groups is 1. The highest BCUT2D eigenvalue weighted by atomic mass is 32.2. The van der Waals surface area contributed by atoms with Crippen LogP contribution in [-0.4, -0.2) is 29.6 Å². The first kappa shape index (κ1) is 21.8. The molecule has 1 atom stereocenters. The van der Waals surface area contributed by atoms with Crippen LogP contribution < -0.4 is 5.32 Å². The second kappa shape index (κ2) is 9.26. The van der Waals surface area contributed by atoms with Gasteiger partial charge in [-0.05, 0) is 43.0 Å². The lowest BCUT2D eigenvalue weighted by Gasteiger charge is -2.16. The zero-order chi connectivity index (χ0) is 21.7. The molecule has 0 spiro atoms. The monoisotopic (exact) mass is 425 g/mol. The maximum Gasteiger partial charge on any atom is 0.235 e. The summed E-state index contributed by atoms with van der Waals surface area (Å²) in [6, 6.07) is 15.4. The van der Waals surface area contributed by atoms with Crippen molar-refractivity contribution < 1.29 is 13.2 Å². The molecule has 0 bridgehead atoms. The number of aryl methyl sites for hydroxylation is 2. The van der Waals surface area contributed by atoms with Crippen LogP contribution in [-0.2, 0) is 26.9 Å². The molecule has 0 fully saturated rings. The Morgan fingerprint density at radius 2 is 1.83 bits per heavy atom. The highest BCUT2D eigenvalue weighted by molar-refractivity contribution is 7.91. The number of hydrogen-bond acceptors (Lipinski definition) is 4. The van der Waals surface area contributed by atoms with Crippen molar-refractivity contribution in [2.24, 2.45) is 0 Å². The summed E-state index contributed by atoms with van der Waals surface area (Å²) in [6.07, 6.45) is 3.33. The van der Waals surface area contributed by atoms with Crippen molar-refractivity contribution >= 4 is 15.7 Å². The summed E-state index contributed by atoms with van der Waals surface area (Å²) >= 11 is 0. The molecule has 0 aliphatic carbocycles. The van der Waals surface area contributed by atoms with Gasteiger partial charge in [-0.2, -0.15) is 0 Å². The fourth-order valence-electron chi connectivity index (χ4n) is 3.25. The molecular weight excluding hydrogens is 398 g/mol. The number of hydrogen-bond donors (Lipinski definition) is 1. The lowest BCUT2D eigenvalue weighted by molar-refractivity contribution is -0.119. The largest absolute Gasteiger partial charge is 0.349 e. The lowest BCUT2D eigenvalue weighted by Crippen LogP contribution is -2.33. The number of imidazole rings is 1. The number of benzene rings is 2. The maximum atomic E-state index is 12.6. The second-order valence-corrected chi connectivity index (χ2v) is 9.69. The summed E-state index contributed by atoms with van der Waals surface area (Å²) in [6.45, 7) is 6.41. The summed E-state index contributed by atoms with van der Waals surface area (Å²) < 4.78 is 27.0. The van der Waals surface area contributed by atoms with Crippen LogP contribution >= 0.6 is 0 Å². The quantitative estimate of drug-likeness (QED) is 0.600. The van der Waals surface area contributed by atoms with Crippen LogP contribution in [0.1, 0.15) is 41.0 Å². The van der Waals surface area contributed by atoms with Gasteiger partial charge in [-0.1, -0.05) is 48.5 Å². The zero-order valence-electron chi connectivity index (χ0n) is 17.5. The summed E-state index contributed by atoms with van der Waals surface area (Å²) in [5.74, 6) is -0.936. The third kappa shape index (κ3) is 5.79. The second-order valence-electron chi connectivity index (χ2n) is 7.62. The Kier molecular flexibility index (Phi) is 6.72. The minimum Gasteiger partial charge on any atom is -0.349 e. The van der Waals surface area contributed by atoms with Crippen LogP contribution in [0.25, 0.3) is 0 Å². The first-order valence-corrected chi connectivity index (χ1v) is 11.7. The number of nitrogens with one attached hydrogen (secondary N) is 1. The van der Waals surface area contributed by atoms with E-state index >= 15 is 0 Å². The summed E-state index contributed by atoms with van der Waals surface area (Å²) in [5.41, 5.74) is 4.30. The zero-order valence-corrected chi connectivity index (χ0v) is 18.3. The van der Waals surface area contributed by atoms with Crippen LogP contribution in [0.15, 0.2) is 60.9 Å². The van der Waals surface area contributed by atoms with E-state index in [1.54, 1.807) is 17.0 Å². The molecule has 1 unspecified atom stereocenters. The topological polar surface area (TPSA) is 81.1 Å². The molecule has 2 aromatic carbocycles. The summed E-state index contributed by atoms with van der Waals surface area (Å²) in [4.78, 5) is 16.6. The Balaban J connectivity index is 1.62. The molecular formula is C23H27N3O3S. The molecule has 0 radical (unpaired) electrons. The molecule has 1 aromatic heterocycles. The predicted octanol–water partition coefficient (Wildman–Crippen LogP) is 3.34. The Morgan fingerprint density at radius 1 is 1.10 bits per heavy atom. The molecule has 158 valence electrons. The van der Waals surface area contributed by atoms with Crippen LogP contribution in [0.2, 0.25) is 0 Å². The van der Waals surface area contributed by atoms with Gasteiger partial charge in [-0.3, -0.25) is 4.79 Å². The van der Waals surface area contributed by atoms with Gasteiger partial charge in [0.25, 0.3) is 0 Å². The highest BCUT2D eigenvalue weighted by Crippen LogP contribution is 2.17. The molecule has 0 saturated carbocycles.